The highest BCUT2D eigenvalue weighted by Gasteiger charge is 2.09. The summed E-state index contributed by atoms with van der Waals surface area (Å²) in [5.41, 5.74) is 0.427. The van der Waals surface area contributed by atoms with Gasteiger partial charge in [-0.25, -0.2) is 14.2 Å². The Hall–Kier alpha value is -0.700. The van der Waals surface area contributed by atoms with Crippen molar-refractivity contribution in [1.82, 2.24) is 0 Å². The van der Waals surface area contributed by atoms with Gasteiger partial charge < -0.3 is 0 Å². The monoisotopic (exact) mass is 277 g/mol. The standard InChI is InChI=1S/C9H6BrClFNO/c10-7-1-2-8(11)9(12)6(7)3-4-13-5-14/h1-2H,3-4H2. The molecule has 0 aliphatic heterocycles. The first-order chi connectivity index (χ1) is 6.66. The Kier molecular flexibility index (Phi) is 4.26. The fourth-order valence-electron chi connectivity index (χ4n) is 1.01. The van der Waals surface area contributed by atoms with Crippen LogP contribution in [-0.2, 0) is 11.2 Å². The van der Waals surface area contributed by atoms with Gasteiger partial charge in [-0.3, -0.25) is 0 Å². The molecule has 0 aliphatic carbocycles. The van der Waals surface area contributed by atoms with Crippen LogP contribution in [0.5, 0.6) is 0 Å². The van der Waals surface area contributed by atoms with Crippen LogP contribution in [-0.4, -0.2) is 12.6 Å². The summed E-state index contributed by atoms with van der Waals surface area (Å²) in [4.78, 5) is 13.2. The first-order valence-corrected chi connectivity index (χ1v) is 5.00. The molecule has 1 aromatic carbocycles. The van der Waals surface area contributed by atoms with Crippen LogP contribution in [0.2, 0.25) is 5.02 Å². The second-order valence-electron chi connectivity index (χ2n) is 2.54. The predicted molar refractivity (Wildman–Crippen MR) is 55.8 cm³/mol. The normalized spacial score (nSPS) is 9.64. The van der Waals surface area contributed by atoms with Gasteiger partial charge in [0.15, 0.2) is 0 Å². The average molecular weight is 279 g/mol. The smallest absolute Gasteiger partial charge is 0.211 e. The number of carbonyl (C=O) groups excluding carboxylic acids is 1. The molecule has 14 heavy (non-hydrogen) atoms. The van der Waals surface area contributed by atoms with Crippen LogP contribution in [0.1, 0.15) is 5.56 Å². The molecule has 5 heteroatoms. The lowest BCUT2D eigenvalue weighted by Crippen LogP contribution is -1.96. The number of halogens is 3. The van der Waals surface area contributed by atoms with Gasteiger partial charge >= 0.3 is 0 Å². The summed E-state index contributed by atoms with van der Waals surface area (Å²) in [6.07, 6.45) is 1.72. The van der Waals surface area contributed by atoms with Gasteiger partial charge in [-0.05, 0) is 18.6 Å². The van der Waals surface area contributed by atoms with Gasteiger partial charge in [0, 0.05) is 10.0 Å². The Morgan fingerprint density at radius 2 is 2.29 bits per heavy atom. The fourth-order valence-corrected chi connectivity index (χ4v) is 1.69. The Labute approximate surface area is 93.9 Å². The summed E-state index contributed by atoms with van der Waals surface area (Å²) >= 11 is 8.79. The molecule has 1 aromatic rings. The van der Waals surface area contributed by atoms with E-state index in [1.165, 1.54) is 12.1 Å². The van der Waals surface area contributed by atoms with Crippen molar-refractivity contribution in [3.05, 3.63) is 33.0 Å². The minimum atomic E-state index is -0.470. The summed E-state index contributed by atoms with van der Waals surface area (Å²) in [6.45, 7) is 0.208. The van der Waals surface area contributed by atoms with E-state index in [2.05, 4.69) is 20.9 Å². The van der Waals surface area contributed by atoms with Gasteiger partial charge in [-0.1, -0.05) is 27.5 Å². The first kappa shape index (κ1) is 11.4. The summed E-state index contributed by atoms with van der Waals surface area (Å²) in [6, 6.07) is 3.12. The van der Waals surface area contributed by atoms with Gasteiger partial charge in [0.05, 0.1) is 11.6 Å². The SMILES string of the molecule is O=C=NCCc1c(Br)ccc(Cl)c1F. The molecule has 0 saturated heterocycles. The Morgan fingerprint density at radius 3 is 2.93 bits per heavy atom. The maximum Gasteiger partial charge on any atom is 0.234 e. The molecule has 0 unspecified atom stereocenters. The Balaban J connectivity index is 2.94. The van der Waals surface area contributed by atoms with Crippen molar-refractivity contribution >= 4 is 33.6 Å². The Morgan fingerprint density at radius 1 is 1.57 bits per heavy atom. The number of benzene rings is 1. The lowest BCUT2D eigenvalue weighted by Gasteiger charge is -2.04. The number of rotatable bonds is 3. The molecule has 0 saturated carbocycles. The van der Waals surface area contributed by atoms with E-state index in [1.54, 1.807) is 6.07 Å². The fraction of sp³-hybridized carbons (Fsp3) is 0.222. The predicted octanol–water partition coefficient (Wildman–Crippen LogP) is 3.12. The maximum atomic E-state index is 13.4. The molecule has 0 radical (unpaired) electrons. The summed E-state index contributed by atoms with van der Waals surface area (Å²) in [5, 5.41) is 0.0679. The minimum absolute atomic E-state index is 0.0679. The molecule has 74 valence electrons. The zero-order chi connectivity index (χ0) is 10.6. The lowest BCUT2D eigenvalue weighted by atomic mass is 10.1. The second-order valence-corrected chi connectivity index (χ2v) is 3.81. The molecule has 0 bridgehead atoms. The van der Waals surface area contributed by atoms with E-state index in [0.717, 1.165) is 0 Å². The number of hydrogen-bond donors (Lipinski definition) is 0. The molecule has 0 fully saturated rings. The number of isocyanates is 1. The van der Waals surface area contributed by atoms with E-state index in [9.17, 15) is 9.18 Å². The highest BCUT2D eigenvalue weighted by atomic mass is 79.9. The van der Waals surface area contributed by atoms with E-state index in [4.69, 9.17) is 11.6 Å². The van der Waals surface area contributed by atoms with Crippen LogP contribution in [0.25, 0.3) is 0 Å². The van der Waals surface area contributed by atoms with Crippen LogP contribution >= 0.6 is 27.5 Å². The van der Waals surface area contributed by atoms with E-state index < -0.39 is 5.82 Å². The van der Waals surface area contributed by atoms with Crippen molar-refractivity contribution in [3.8, 4) is 0 Å². The van der Waals surface area contributed by atoms with Crippen LogP contribution in [0.15, 0.2) is 21.6 Å². The third kappa shape index (κ3) is 2.64. The van der Waals surface area contributed by atoms with E-state index >= 15 is 0 Å². The van der Waals surface area contributed by atoms with Gasteiger partial charge in [-0.15, -0.1) is 0 Å². The van der Waals surface area contributed by atoms with Crippen LogP contribution in [0.3, 0.4) is 0 Å². The van der Waals surface area contributed by atoms with Crippen molar-refractivity contribution in [1.29, 1.82) is 0 Å². The summed E-state index contributed by atoms with van der Waals surface area (Å²) in [7, 11) is 0. The minimum Gasteiger partial charge on any atom is -0.211 e. The van der Waals surface area contributed by atoms with E-state index in [-0.39, 0.29) is 11.6 Å². The second kappa shape index (κ2) is 5.25. The molecule has 1 rings (SSSR count). The van der Waals surface area contributed by atoms with Crippen LogP contribution in [0.4, 0.5) is 4.39 Å². The highest BCUT2D eigenvalue weighted by molar-refractivity contribution is 9.10. The number of nitrogens with zero attached hydrogens (tertiary/aromatic N) is 1. The molecule has 2 nitrogen and oxygen atoms in total. The van der Waals surface area contributed by atoms with Crippen molar-refractivity contribution in [3.63, 3.8) is 0 Å². The highest BCUT2D eigenvalue weighted by Crippen LogP contribution is 2.26. The largest absolute Gasteiger partial charge is 0.234 e. The molecule has 0 spiro atoms. The summed E-state index contributed by atoms with van der Waals surface area (Å²) in [5.74, 6) is -0.470. The average Bonchev–Trinajstić information content (AvgIpc) is 2.18. The maximum absolute atomic E-state index is 13.4. The quantitative estimate of drug-likeness (QED) is 0.474. The Bertz CT molecular complexity index is 391. The van der Waals surface area contributed by atoms with Crippen molar-refractivity contribution in [2.45, 2.75) is 6.42 Å². The lowest BCUT2D eigenvalue weighted by molar-refractivity contribution is 0.562. The third-order valence-corrected chi connectivity index (χ3v) is 2.71. The number of aliphatic imine (C=N–C) groups is 1. The molecule has 0 atom stereocenters. The van der Waals surface area contributed by atoms with Gasteiger partial charge in [0.25, 0.3) is 0 Å². The van der Waals surface area contributed by atoms with Gasteiger partial charge in [0.2, 0.25) is 6.08 Å². The molecule has 0 heterocycles. The summed E-state index contributed by atoms with van der Waals surface area (Å²) < 4.78 is 14.0. The molecule has 0 aliphatic rings. The van der Waals surface area contributed by atoms with Crippen LogP contribution in [0, 0.1) is 5.82 Å². The first-order valence-electron chi connectivity index (χ1n) is 3.83. The molecular formula is C9H6BrClFNO. The van der Waals surface area contributed by atoms with Gasteiger partial charge in [0.1, 0.15) is 5.82 Å². The van der Waals surface area contributed by atoms with Crippen molar-refractivity contribution < 1.29 is 9.18 Å². The molecule has 0 aromatic heterocycles. The van der Waals surface area contributed by atoms with Crippen LogP contribution < -0.4 is 0 Å². The third-order valence-electron chi connectivity index (χ3n) is 1.68. The molecular weight excluding hydrogens is 272 g/mol. The zero-order valence-electron chi connectivity index (χ0n) is 7.06. The number of hydrogen-bond acceptors (Lipinski definition) is 2. The molecule has 0 N–H and O–H groups in total. The van der Waals surface area contributed by atoms with Gasteiger partial charge in [-0.2, -0.15) is 0 Å². The zero-order valence-corrected chi connectivity index (χ0v) is 9.40. The van der Waals surface area contributed by atoms with E-state index in [1.807, 2.05) is 0 Å². The molecule has 0 amide bonds. The van der Waals surface area contributed by atoms with Crippen molar-refractivity contribution in [2.24, 2.45) is 4.99 Å². The van der Waals surface area contributed by atoms with E-state index in [0.29, 0.717) is 16.5 Å². The topological polar surface area (TPSA) is 29.4 Å². The van der Waals surface area contributed by atoms with Crippen molar-refractivity contribution in [2.75, 3.05) is 6.54 Å².